The number of nitrogens with one attached hydrogen (secondary N) is 1. The molecule has 0 saturated carbocycles. The molecule has 1 N–H and O–H groups in total. The Morgan fingerprint density at radius 3 is 2.38 bits per heavy atom. The Morgan fingerprint density at radius 2 is 1.75 bits per heavy atom. The summed E-state index contributed by atoms with van der Waals surface area (Å²) < 4.78 is 16.0. The maximum Gasteiger partial charge on any atom is 0.277 e. The van der Waals surface area contributed by atoms with Crippen molar-refractivity contribution in [1.29, 1.82) is 0 Å². The molecule has 0 aliphatic rings. The lowest BCUT2D eigenvalue weighted by molar-refractivity contribution is -0.123. The van der Waals surface area contributed by atoms with Gasteiger partial charge in [-0.3, -0.25) is 4.79 Å². The molecule has 0 aliphatic carbocycles. The van der Waals surface area contributed by atoms with Gasteiger partial charge in [-0.1, -0.05) is 12.1 Å². The van der Waals surface area contributed by atoms with Gasteiger partial charge in [0.05, 0.1) is 19.9 Å². The highest BCUT2D eigenvalue weighted by molar-refractivity contribution is 5.83. The van der Waals surface area contributed by atoms with E-state index < -0.39 is 0 Å². The van der Waals surface area contributed by atoms with Gasteiger partial charge in [0.1, 0.15) is 5.75 Å². The van der Waals surface area contributed by atoms with Crippen LogP contribution in [-0.2, 0) is 4.79 Å². The molecule has 0 saturated heterocycles. The van der Waals surface area contributed by atoms with E-state index in [4.69, 9.17) is 14.2 Å². The van der Waals surface area contributed by atoms with Crippen molar-refractivity contribution < 1.29 is 19.0 Å². The first-order chi connectivity index (χ1) is 11.7. The molecule has 0 bridgehead atoms. The van der Waals surface area contributed by atoms with Crippen LogP contribution in [0.5, 0.6) is 17.2 Å². The van der Waals surface area contributed by atoms with Crippen molar-refractivity contribution in [3.05, 3.63) is 54.1 Å². The van der Waals surface area contributed by atoms with Crippen molar-refractivity contribution in [2.75, 3.05) is 20.3 Å². The van der Waals surface area contributed by atoms with Crippen LogP contribution in [0, 0.1) is 0 Å². The summed E-state index contributed by atoms with van der Waals surface area (Å²) in [7, 11) is 1.60. The van der Waals surface area contributed by atoms with Crippen LogP contribution in [0.3, 0.4) is 0 Å². The fourth-order valence-corrected chi connectivity index (χ4v) is 1.89. The third-order valence-corrected chi connectivity index (χ3v) is 3.03. The van der Waals surface area contributed by atoms with Crippen molar-refractivity contribution in [3.63, 3.8) is 0 Å². The van der Waals surface area contributed by atoms with Gasteiger partial charge in [0, 0.05) is 0 Å². The number of hydrogen-bond donors (Lipinski definition) is 1. The van der Waals surface area contributed by atoms with E-state index in [-0.39, 0.29) is 12.5 Å². The summed E-state index contributed by atoms with van der Waals surface area (Å²) in [5.41, 5.74) is 3.26. The molecule has 2 rings (SSSR count). The molecule has 0 unspecified atom stereocenters. The number of nitrogens with zero attached hydrogens (tertiary/aromatic N) is 1. The monoisotopic (exact) mass is 328 g/mol. The highest BCUT2D eigenvalue weighted by Crippen LogP contribution is 2.26. The topological polar surface area (TPSA) is 69.2 Å². The van der Waals surface area contributed by atoms with Gasteiger partial charge in [-0.2, -0.15) is 5.10 Å². The first-order valence-electron chi connectivity index (χ1n) is 7.53. The molecule has 0 heterocycles. The van der Waals surface area contributed by atoms with Crippen LogP contribution in [0.1, 0.15) is 12.5 Å². The average molecular weight is 328 g/mol. The predicted molar refractivity (Wildman–Crippen MR) is 91.8 cm³/mol. The number of carbonyl (C=O) groups is 1. The SMILES string of the molecule is CCOc1ccccc1OCC(=O)NN=Cc1ccc(OC)cc1. The molecular weight excluding hydrogens is 308 g/mol. The number of ether oxygens (including phenoxy) is 3. The molecule has 2 aromatic rings. The molecule has 0 radical (unpaired) electrons. The Bertz CT molecular complexity index is 684. The summed E-state index contributed by atoms with van der Waals surface area (Å²) in [6.45, 7) is 2.26. The maximum absolute atomic E-state index is 11.8. The third kappa shape index (κ3) is 5.31. The molecule has 1 amide bonds. The summed E-state index contributed by atoms with van der Waals surface area (Å²) in [6.07, 6.45) is 1.55. The molecule has 126 valence electrons. The molecule has 0 fully saturated rings. The Labute approximate surface area is 141 Å². The van der Waals surface area contributed by atoms with Crippen LogP contribution >= 0.6 is 0 Å². The Morgan fingerprint density at radius 1 is 1.08 bits per heavy atom. The van der Waals surface area contributed by atoms with Crippen LogP contribution in [0.15, 0.2) is 53.6 Å². The largest absolute Gasteiger partial charge is 0.497 e. The maximum atomic E-state index is 11.8. The van der Waals surface area contributed by atoms with Gasteiger partial charge in [0.25, 0.3) is 5.91 Å². The fraction of sp³-hybridized carbons (Fsp3) is 0.222. The number of amides is 1. The van der Waals surface area contributed by atoms with E-state index in [1.807, 2.05) is 43.3 Å². The van der Waals surface area contributed by atoms with Gasteiger partial charge in [-0.15, -0.1) is 0 Å². The van der Waals surface area contributed by atoms with E-state index >= 15 is 0 Å². The van der Waals surface area contributed by atoms with E-state index in [2.05, 4.69) is 10.5 Å². The summed E-state index contributed by atoms with van der Waals surface area (Å²) >= 11 is 0. The Kier molecular flexibility index (Phi) is 6.64. The highest BCUT2D eigenvalue weighted by Gasteiger charge is 2.06. The first kappa shape index (κ1) is 17.3. The van der Waals surface area contributed by atoms with Gasteiger partial charge >= 0.3 is 0 Å². The minimum absolute atomic E-state index is 0.149. The van der Waals surface area contributed by atoms with Gasteiger partial charge < -0.3 is 14.2 Å². The minimum Gasteiger partial charge on any atom is -0.497 e. The van der Waals surface area contributed by atoms with Crippen molar-refractivity contribution in [1.82, 2.24) is 5.43 Å². The van der Waals surface area contributed by atoms with Crippen LogP contribution < -0.4 is 19.6 Å². The molecule has 0 atom stereocenters. The molecule has 0 aliphatic heterocycles. The average Bonchev–Trinajstić information content (AvgIpc) is 2.62. The van der Waals surface area contributed by atoms with Crippen LogP contribution in [0.25, 0.3) is 0 Å². The third-order valence-electron chi connectivity index (χ3n) is 3.03. The number of benzene rings is 2. The zero-order chi connectivity index (χ0) is 17.2. The number of rotatable bonds is 8. The van der Waals surface area contributed by atoms with Crippen LogP contribution in [0.4, 0.5) is 0 Å². The molecule has 0 aromatic heterocycles. The van der Waals surface area contributed by atoms with Gasteiger partial charge in [-0.25, -0.2) is 5.43 Å². The molecule has 0 spiro atoms. The zero-order valence-corrected chi connectivity index (χ0v) is 13.7. The molecule has 24 heavy (non-hydrogen) atoms. The van der Waals surface area contributed by atoms with Crippen LogP contribution in [0.2, 0.25) is 0 Å². The quantitative estimate of drug-likeness (QED) is 0.597. The lowest BCUT2D eigenvalue weighted by atomic mass is 10.2. The van der Waals surface area contributed by atoms with Gasteiger partial charge in [0.15, 0.2) is 18.1 Å². The fourth-order valence-electron chi connectivity index (χ4n) is 1.89. The first-order valence-corrected chi connectivity index (χ1v) is 7.53. The molecule has 2 aromatic carbocycles. The molecule has 6 nitrogen and oxygen atoms in total. The van der Waals surface area contributed by atoms with Gasteiger partial charge in [-0.05, 0) is 48.9 Å². The summed E-state index contributed by atoms with van der Waals surface area (Å²) in [4.78, 5) is 11.8. The number of hydrazone groups is 1. The normalized spacial score (nSPS) is 10.4. The lowest BCUT2D eigenvalue weighted by Crippen LogP contribution is -2.24. The molecule has 6 heteroatoms. The summed E-state index contributed by atoms with van der Waals surface area (Å²) in [5.74, 6) is 1.53. The smallest absolute Gasteiger partial charge is 0.277 e. The standard InChI is InChI=1S/C18H20N2O4/c1-3-23-16-6-4-5-7-17(16)24-13-18(21)20-19-12-14-8-10-15(22-2)11-9-14/h4-12H,3,13H2,1-2H3,(H,20,21). The Balaban J connectivity index is 1.82. The van der Waals surface area contributed by atoms with E-state index in [1.165, 1.54) is 0 Å². The van der Waals surface area contributed by atoms with Crippen LogP contribution in [-0.4, -0.2) is 32.4 Å². The number of hydrogen-bond acceptors (Lipinski definition) is 5. The second-order valence-electron chi connectivity index (χ2n) is 4.73. The van der Waals surface area contributed by atoms with Crippen molar-refractivity contribution >= 4 is 12.1 Å². The Hall–Kier alpha value is -3.02. The van der Waals surface area contributed by atoms with Gasteiger partial charge in [0.2, 0.25) is 0 Å². The van der Waals surface area contributed by atoms with E-state index in [0.717, 1.165) is 11.3 Å². The predicted octanol–water partition coefficient (Wildman–Crippen LogP) is 2.62. The second-order valence-corrected chi connectivity index (χ2v) is 4.73. The summed E-state index contributed by atoms with van der Waals surface area (Å²) in [6, 6.07) is 14.5. The number of methoxy groups -OCH3 is 1. The minimum atomic E-state index is -0.355. The zero-order valence-electron chi connectivity index (χ0n) is 13.7. The van der Waals surface area contributed by atoms with E-state index in [9.17, 15) is 4.79 Å². The van der Waals surface area contributed by atoms with Crippen molar-refractivity contribution in [3.8, 4) is 17.2 Å². The van der Waals surface area contributed by atoms with E-state index in [0.29, 0.717) is 18.1 Å². The lowest BCUT2D eigenvalue weighted by Gasteiger charge is -2.10. The van der Waals surface area contributed by atoms with Crippen molar-refractivity contribution in [2.45, 2.75) is 6.92 Å². The van der Waals surface area contributed by atoms with E-state index in [1.54, 1.807) is 25.5 Å². The number of carbonyl (C=O) groups excluding carboxylic acids is 1. The summed E-state index contributed by atoms with van der Waals surface area (Å²) in [5, 5.41) is 3.89. The second kappa shape index (κ2) is 9.19. The molecular formula is C18H20N2O4. The van der Waals surface area contributed by atoms with Crippen molar-refractivity contribution in [2.24, 2.45) is 5.10 Å². The number of para-hydroxylation sites is 2. The highest BCUT2D eigenvalue weighted by atomic mass is 16.5.